The van der Waals surface area contributed by atoms with Crippen molar-refractivity contribution in [1.82, 2.24) is 0 Å². The number of anilines is 1. The lowest BCUT2D eigenvalue weighted by atomic mass is 10.1. The van der Waals surface area contributed by atoms with Crippen LogP contribution in [0.4, 0.5) is 5.69 Å². The van der Waals surface area contributed by atoms with E-state index in [1.54, 1.807) is 6.08 Å². The molecule has 1 heterocycles. The Morgan fingerprint density at radius 1 is 1.27 bits per heavy atom. The summed E-state index contributed by atoms with van der Waals surface area (Å²) in [5.41, 5.74) is 2.87. The number of nitriles is 1. The van der Waals surface area contributed by atoms with Crippen molar-refractivity contribution in [1.29, 1.82) is 5.26 Å². The van der Waals surface area contributed by atoms with E-state index in [0.29, 0.717) is 18.9 Å². The van der Waals surface area contributed by atoms with Gasteiger partial charge in [0.05, 0.1) is 12.5 Å². The number of ether oxygens (including phenoxy) is 1. The summed E-state index contributed by atoms with van der Waals surface area (Å²) in [5, 5.41) is 8.67. The molecule has 0 aromatic heterocycles. The Morgan fingerprint density at radius 3 is 2.73 bits per heavy atom. The number of nitrogens with zero attached hydrogens (tertiary/aromatic N) is 3. The van der Waals surface area contributed by atoms with Gasteiger partial charge in [0.2, 0.25) is 5.90 Å². The number of hydrogen-bond acceptors (Lipinski definition) is 5. The SMILES string of the molecule is CN(CCC#N)c1ccc(C=C2N=C(c3cccc(Br)c3)OC2=O)cc1. The van der Waals surface area contributed by atoms with Crippen LogP contribution in [-0.2, 0) is 9.53 Å². The number of carbonyl (C=O) groups is 1. The van der Waals surface area contributed by atoms with E-state index in [1.807, 2.05) is 60.5 Å². The molecule has 1 aliphatic rings. The van der Waals surface area contributed by atoms with Crippen molar-refractivity contribution in [2.75, 3.05) is 18.5 Å². The zero-order valence-corrected chi connectivity index (χ0v) is 15.7. The van der Waals surface area contributed by atoms with Crippen molar-refractivity contribution < 1.29 is 9.53 Å². The molecule has 0 fully saturated rings. The van der Waals surface area contributed by atoms with Gasteiger partial charge in [-0.3, -0.25) is 0 Å². The van der Waals surface area contributed by atoms with Crippen LogP contribution in [0.1, 0.15) is 17.5 Å². The fourth-order valence-corrected chi connectivity index (χ4v) is 2.88. The third-order valence-electron chi connectivity index (χ3n) is 3.89. The molecule has 26 heavy (non-hydrogen) atoms. The van der Waals surface area contributed by atoms with Crippen molar-refractivity contribution in [3.8, 4) is 6.07 Å². The maximum absolute atomic E-state index is 12.1. The Kier molecular flexibility index (Phi) is 5.49. The predicted molar refractivity (Wildman–Crippen MR) is 105 cm³/mol. The number of aliphatic imine (C=N–C) groups is 1. The van der Waals surface area contributed by atoms with Crippen LogP contribution in [0.2, 0.25) is 0 Å². The fraction of sp³-hybridized carbons (Fsp3) is 0.150. The number of rotatable bonds is 5. The van der Waals surface area contributed by atoms with Gasteiger partial charge >= 0.3 is 5.97 Å². The summed E-state index contributed by atoms with van der Waals surface area (Å²) >= 11 is 3.40. The van der Waals surface area contributed by atoms with Crippen LogP contribution < -0.4 is 4.90 Å². The van der Waals surface area contributed by atoms with Crippen LogP contribution in [-0.4, -0.2) is 25.5 Å². The van der Waals surface area contributed by atoms with Gasteiger partial charge in [0, 0.05) is 29.3 Å². The quantitative estimate of drug-likeness (QED) is 0.549. The minimum Gasteiger partial charge on any atom is -0.402 e. The number of cyclic esters (lactones) is 1. The maximum Gasteiger partial charge on any atom is 0.363 e. The smallest absolute Gasteiger partial charge is 0.363 e. The van der Waals surface area contributed by atoms with Crippen LogP contribution in [0, 0.1) is 11.3 Å². The van der Waals surface area contributed by atoms with Crippen LogP contribution in [0.25, 0.3) is 6.08 Å². The van der Waals surface area contributed by atoms with Crippen LogP contribution >= 0.6 is 15.9 Å². The Bertz CT molecular complexity index is 927. The van der Waals surface area contributed by atoms with Gasteiger partial charge in [-0.05, 0) is 42.0 Å². The van der Waals surface area contributed by atoms with Gasteiger partial charge in [0.1, 0.15) is 0 Å². The lowest BCUT2D eigenvalue weighted by Gasteiger charge is -2.17. The summed E-state index contributed by atoms with van der Waals surface area (Å²) in [7, 11) is 1.94. The summed E-state index contributed by atoms with van der Waals surface area (Å²) < 4.78 is 6.17. The molecule has 0 amide bonds. The van der Waals surface area contributed by atoms with Crippen LogP contribution in [0.5, 0.6) is 0 Å². The third kappa shape index (κ3) is 4.19. The molecule has 6 heteroatoms. The van der Waals surface area contributed by atoms with Crippen molar-refractivity contribution in [2.24, 2.45) is 4.99 Å². The lowest BCUT2D eigenvalue weighted by molar-refractivity contribution is -0.129. The largest absolute Gasteiger partial charge is 0.402 e. The minimum atomic E-state index is -0.463. The van der Waals surface area contributed by atoms with Gasteiger partial charge in [0.15, 0.2) is 5.70 Å². The van der Waals surface area contributed by atoms with E-state index in [2.05, 4.69) is 27.0 Å². The standard InChI is InChI=1S/C20H16BrN3O2/c1-24(11-3-10-22)17-8-6-14(7-9-17)12-18-20(25)26-19(23-18)15-4-2-5-16(21)13-15/h2,4-9,12-13H,3,11H2,1H3. The molecule has 0 spiro atoms. The lowest BCUT2D eigenvalue weighted by Crippen LogP contribution is -2.17. The monoisotopic (exact) mass is 409 g/mol. The normalized spacial score (nSPS) is 14.7. The average molecular weight is 410 g/mol. The first kappa shape index (κ1) is 17.9. The molecule has 0 radical (unpaired) electrons. The van der Waals surface area contributed by atoms with E-state index >= 15 is 0 Å². The number of hydrogen-bond donors (Lipinski definition) is 0. The maximum atomic E-state index is 12.1. The van der Waals surface area contributed by atoms with E-state index in [4.69, 9.17) is 10.00 Å². The topological polar surface area (TPSA) is 65.7 Å². The number of carbonyl (C=O) groups excluding carboxylic acids is 1. The highest BCUT2D eigenvalue weighted by Crippen LogP contribution is 2.22. The van der Waals surface area contributed by atoms with Crippen molar-refractivity contribution in [3.05, 3.63) is 69.8 Å². The number of benzene rings is 2. The number of halogens is 1. The second-order valence-corrected chi connectivity index (χ2v) is 6.68. The summed E-state index contributed by atoms with van der Waals surface area (Å²) in [6, 6.07) is 17.3. The van der Waals surface area contributed by atoms with E-state index in [9.17, 15) is 4.79 Å². The predicted octanol–water partition coefficient (Wildman–Crippen LogP) is 4.14. The molecule has 0 aliphatic carbocycles. The van der Waals surface area contributed by atoms with Gasteiger partial charge in [-0.15, -0.1) is 0 Å². The Morgan fingerprint density at radius 2 is 2.04 bits per heavy atom. The molecule has 2 aromatic carbocycles. The first-order valence-electron chi connectivity index (χ1n) is 8.03. The molecule has 1 aliphatic heterocycles. The second-order valence-electron chi connectivity index (χ2n) is 5.77. The number of esters is 1. The summed E-state index contributed by atoms with van der Waals surface area (Å²) in [6.07, 6.45) is 2.17. The second kappa shape index (κ2) is 7.98. The highest BCUT2D eigenvalue weighted by Gasteiger charge is 2.24. The molecule has 0 saturated carbocycles. The van der Waals surface area contributed by atoms with Gasteiger partial charge in [-0.1, -0.05) is 34.1 Å². The highest BCUT2D eigenvalue weighted by molar-refractivity contribution is 9.10. The molecule has 0 bridgehead atoms. The molecule has 130 valence electrons. The Hall–Kier alpha value is -2.91. The van der Waals surface area contributed by atoms with Crippen molar-refractivity contribution in [2.45, 2.75) is 6.42 Å². The first-order valence-corrected chi connectivity index (χ1v) is 8.83. The Balaban J connectivity index is 1.79. The fourth-order valence-electron chi connectivity index (χ4n) is 2.48. The average Bonchev–Trinajstić information content (AvgIpc) is 3.01. The molecule has 0 atom stereocenters. The van der Waals surface area contributed by atoms with E-state index < -0.39 is 5.97 Å². The van der Waals surface area contributed by atoms with Crippen molar-refractivity contribution >= 4 is 39.6 Å². The summed E-state index contributed by atoms with van der Waals surface area (Å²) in [6.45, 7) is 0.670. The van der Waals surface area contributed by atoms with Gasteiger partial charge in [0.25, 0.3) is 0 Å². The highest BCUT2D eigenvalue weighted by atomic mass is 79.9. The molecule has 0 unspecified atom stereocenters. The van der Waals surface area contributed by atoms with Gasteiger partial charge < -0.3 is 9.64 Å². The van der Waals surface area contributed by atoms with Crippen LogP contribution in [0.15, 0.2) is 63.7 Å². The zero-order valence-electron chi connectivity index (χ0n) is 14.1. The molecular formula is C20H16BrN3O2. The van der Waals surface area contributed by atoms with E-state index in [0.717, 1.165) is 21.3 Å². The van der Waals surface area contributed by atoms with Gasteiger partial charge in [-0.2, -0.15) is 5.26 Å². The molecule has 0 N–H and O–H groups in total. The minimum absolute atomic E-state index is 0.269. The van der Waals surface area contributed by atoms with Crippen molar-refractivity contribution in [3.63, 3.8) is 0 Å². The summed E-state index contributed by atoms with van der Waals surface area (Å²) in [4.78, 5) is 18.4. The Labute approximate surface area is 160 Å². The van der Waals surface area contributed by atoms with Gasteiger partial charge in [-0.25, -0.2) is 9.79 Å². The van der Waals surface area contributed by atoms with E-state index in [-0.39, 0.29) is 5.70 Å². The molecule has 3 rings (SSSR count). The first-order chi connectivity index (χ1) is 12.6. The zero-order chi connectivity index (χ0) is 18.5. The molecule has 0 saturated heterocycles. The molecule has 5 nitrogen and oxygen atoms in total. The van der Waals surface area contributed by atoms with E-state index in [1.165, 1.54) is 0 Å². The summed E-state index contributed by atoms with van der Waals surface area (Å²) in [5.74, 6) is -0.161. The third-order valence-corrected chi connectivity index (χ3v) is 4.38. The van der Waals surface area contributed by atoms with Crippen LogP contribution in [0.3, 0.4) is 0 Å². The molecular weight excluding hydrogens is 394 g/mol. The molecule has 2 aromatic rings.